The lowest BCUT2D eigenvalue weighted by atomic mass is 10.1. The molecule has 0 unspecified atom stereocenters. The van der Waals surface area contributed by atoms with Gasteiger partial charge in [0, 0.05) is 19.0 Å². The highest BCUT2D eigenvalue weighted by molar-refractivity contribution is 6.01. The first kappa shape index (κ1) is 25.4. The van der Waals surface area contributed by atoms with E-state index < -0.39 is 41.5 Å². The van der Waals surface area contributed by atoms with Crippen LogP contribution in [0.1, 0.15) is 50.9 Å². The highest BCUT2D eigenvalue weighted by atomic mass is 16.6. The Labute approximate surface area is 179 Å². The zero-order valence-corrected chi connectivity index (χ0v) is 18.1. The van der Waals surface area contributed by atoms with E-state index in [1.807, 2.05) is 0 Å². The van der Waals surface area contributed by atoms with Crippen molar-refractivity contribution in [1.82, 2.24) is 5.32 Å². The maximum Gasteiger partial charge on any atom is 0.412 e. The molecule has 1 atom stereocenters. The predicted molar refractivity (Wildman–Crippen MR) is 109 cm³/mol. The first-order valence-corrected chi connectivity index (χ1v) is 9.32. The Balaban J connectivity index is 3.17. The molecule has 0 saturated carbocycles. The molecule has 0 bridgehead atoms. The predicted octanol–water partition coefficient (Wildman–Crippen LogP) is 1.50. The molecule has 11 heteroatoms. The molecule has 170 valence electrons. The van der Waals surface area contributed by atoms with E-state index in [1.165, 1.54) is 18.2 Å². The monoisotopic (exact) mass is 437 g/mol. The third-order valence-electron chi connectivity index (χ3n) is 3.59. The lowest BCUT2D eigenvalue weighted by molar-refractivity contribution is -0.143. The van der Waals surface area contributed by atoms with Gasteiger partial charge in [-0.3, -0.25) is 19.7 Å². The van der Waals surface area contributed by atoms with Gasteiger partial charge in [0.15, 0.2) is 0 Å². The van der Waals surface area contributed by atoms with Crippen molar-refractivity contribution in [3.8, 4) is 5.75 Å². The van der Waals surface area contributed by atoms with E-state index >= 15 is 0 Å². The molecular weight excluding hydrogens is 410 g/mol. The molecule has 1 rings (SSSR count). The fourth-order valence-electron chi connectivity index (χ4n) is 2.36. The van der Waals surface area contributed by atoms with Crippen LogP contribution in [0.25, 0.3) is 0 Å². The van der Waals surface area contributed by atoms with Crippen molar-refractivity contribution >= 4 is 35.5 Å². The number of anilines is 1. The number of carbonyl (C=O) groups excluding carboxylic acids is 5. The summed E-state index contributed by atoms with van der Waals surface area (Å²) in [5.74, 6) is -3.03. The number of esters is 2. The van der Waals surface area contributed by atoms with Crippen molar-refractivity contribution in [3.63, 3.8) is 0 Å². The van der Waals surface area contributed by atoms with Crippen molar-refractivity contribution in [2.75, 3.05) is 12.4 Å². The van der Waals surface area contributed by atoms with E-state index in [9.17, 15) is 24.0 Å². The van der Waals surface area contributed by atoms with Gasteiger partial charge in [-0.1, -0.05) is 0 Å². The second kappa shape index (κ2) is 11.0. The Bertz CT molecular complexity index is 860. The molecule has 0 heterocycles. The van der Waals surface area contributed by atoms with Gasteiger partial charge < -0.3 is 25.3 Å². The van der Waals surface area contributed by atoms with Crippen LogP contribution in [-0.4, -0.2) is 48.6 Å². The summed E-state index contributed by atoms with van der Waals surface area (Å²) in [7, 11) is 1.13. The lowest BCUT2D eigenvalue weighted by Crippen LogP contribution is -2.42. The number of benzene rings is 1. The van der Waals surface area contributed by atoms with Crippen LogP contribution in [0, 0.1) is 0 Å². The van der Waals surface area contributed by atoms with E-state index in [-0.39, 0.29) is 29.8 Å². The first-order valence-electron chi connectivity index (χ1n) is 9.32. The number of amides is 3. The number of hydrogen-bond acceptors (Lipinski definition) is 8. The number of rotatable bonds is 8. The average Bonchev–Trinajstić information content (AvgIpc) is 2.63. The van der Waals surface area contributed by atoms with E-state index in [0.29, 0.717) is 0 Å². The van der Waals surface area contributed by atoms with Crippen LogP contribution in [0.2, 0.25) is 0 Å². The Morgan fingerprint density at radius 3 is 2.29 bits per heavy atom. The van der Waals surface area contributed by atoms with Crippen LogP contribution in [0.5, 0.6) is 5.75 Å². The van der Waals surface area contributed by atoms with Gasteiger partial charge in [0.2, 0.25) is 5.91 Å². The van der Waals surface area contributed by atoms with Gasteiger partial charge in [-0.05, 0) is 45.4 Å². The second-order valence-corrected chi connectivity index (χ2v) is 7.49. The lowest BCUT2D eigenvalue weighted by Gasteiger charge is -2.20. The summed E-state index contributed by atoms with van der Waals surface area (Å²) in [5, 5.41) is 4.88. The molecule has 0 aliphatic carbocycles. The van der Waals surface area contributed by atoms with Crippen LogP contribution in [-0.2, 0) is 23.9 Å². The van der Waals surface area contributed by atoms with Crippen molar-refractivity contribution in [1.29, 1.82) is 0 Å². The van der Waals surface area contributed by atoms with Crippen LogP contribution in [0.4, 0.5) is 10.5 Å². The molecule has 0 spiro atoms. The highest BCUT2D eigenvalue weighted by Crippen LogP contribution is 2.24. The smallest absolute Gasteiger partial charge is 0.412 e. The van der Waals surface area contributed by atoms with Crippen molar-refractivity contribution < 1.29 is 38.2 Å². The second-order valence-electron chi connectivity index (χ2n) is 7.49. The minimum absolute atomic E-state index is 0.0908. The van der Waals surface area contributed by atoms with E-state index in [0.717, 1.165) is 14.0 Å². The summed E-state index contributed by atoms with van der Waals surface area (Å²) in [6, 6.07) is 2.79. The Morgan fingerprint density at radius 1 is 1.13 bits per heavy atom. The standard InChI is InChI=1S/C20H27N3O8/c1-11(24)30-15-8-6-12(22-19(28)31-20(2,3)4)10-13(15)17(26)23-14(18(27)29-5)7-9-16(21)25/h6,8,10,14H,7,9H2,1-5H3,(H2,21,25)(H,22,28)(H,23,26)/t14-/m0/s1. The van der Waals surface area contributed by atoms with Crippen molar-refractivity contribution in [2.24, 2.45) is 5.73 Å². The molecule has 0 aliphatic rings. The maximum atomic E-state index is 12.8. The van der Waals surface area contributed by atoms with Gasteiger partial charge in [0.25, 0.3) is 5.91 Å². The van der Waals surface area contributed by atoms with E-state index in [2.05, 4.69) is 15.4 Å². The highest BCUT2D eigenvalue weighted by Gasteiger charge is 2.25. The Morgan fingerprint density at radius 2 is 1.77 bits per heavy atom. The van der Waals surface area contributed by atoms with Gasteiger partial charge in [0.1, 0.15) is 17.4 Å². The number of methoxy groups -OCH3 is 1. The summed E-state index contributed by atoms with van der Waals surface area (Å²) in [4.78, 5) is 59.2. The summed E-state index contributed by atoms with van der Waals surface area (Å²) < 4.78 is 14.8. The number of ether oxygens (including phenoxy) is 3. The third kappa shape index (κ3) is 9.15. The molecule has 31 heavy (non-hydrogen) atoms. The Kier molecular flexibility index (Phi) is 8.97. The van der Waals surface area contributed by atoms with E-state index in [1.54, 1.807) is 20.8 Å². The molecule has 1 aromatic rings. The fraction of sp³-hybridized carbons (Fsp3) is 0.450. The summed E-state index contributed by atoms with van der Waals surface area (Å²) >= 11 is 0. The molecule has 11 nitrogen and oxygen atoms in total. The summed E-state index contributed by atoms with van der Waals surface area (Å²) in [6.45, 7) is 6.22. The minimum Gasteiger partial charge on any atom is -0.467 e. The zero-order valence-electron chi connectivity index (χ0n) is 18.1. The maximum absolute atomic E-state index is 12.8. The molecule has 4 N–H and O–H groups in total. The molecule has 1 aromatic carbocycles. The number of nitrogens with one attached hydrogen (secondary N) is 2. The Hall–Kier alpha value is -3.63. The van der Waals surface area contributed by atoms with Crippen LogP contribution in [0.15, 0.2) is 18.2 Å². The number of carbonyl (C=O) groups is 5. The zero-order chi connectivity index (χ0) is 23.8. The van der Waals surface area contributed by atoms with Crippen LogP contribution >= 0.6 is 0 Å². The SMILES string of the molecule is COC(=O)[C@H](CCC(N)=O)NC(=O)c1cc(NC(=O)OC(C)(C)C)ccc1OC(C)=O. The molecule has 0 aliphatic heterocycles. The average molecular weight is 437 g/mol. The quantitative estimate of drug-likeness (QED) is 0.407. The topological polar surface area (TPSA) is 163 Å². The van der Waals surface area contributed by atoms with Crippen LogP contribution in [0.3, 0.4) is 0 Å². The van der Waals surface area contributed by atoms with E-state index in [4.69, 9.17) is 15.2 Å². The normalized spacial score (nSPS) is 11.6. The molecule has 0 radical (unpaired) electrons. The third-order valence-corrected chi connectivity index (χ3v) is 3.59. The molecular formula is C20H27N3O8. The van der Waals surface area contributed by atoms with Gasteiger partial charge in [-0.25, -0.2) is 9.59 Å². The minimum atomic E-state index is -1.17. The first-order chi connectivity index (χ1) is 14.3. The summed E-state index contributed by atoms with van der Waals surface area (Å²) in [6.07, 6.45) is -1.02. The van der Waals surface area contributed by atoms with Gasteiger partial charge in [-0.2, -0.15) is 0 Å². The van der Waals surface area contributed by atoms with Gasteiger partial charge >= 0.3 is 18.0 Å². The molecule has 3 amide bonds. The van der Waals surface area contributed by atoms with Crippen molar-refractivity contribution in [2.45, 2.75) is 52.2 Å². The number of primary amides is 1. The van der Waals surface area contributed by atoms with Gasteiger partial charge in [-0.15, -0.1) is 0 Å². The molecule has 0 saturated heterocycles. The van der Waals surface area contributed by atoms with Crippen molar-refractivity contribution in [3.05, 3.63) is 23.8 Å². The summed E-state index contributed by atoms with van der Waals surface area (Å²) in [5.41, 5.74) is 4.40. The number of nitrogens with two attached hydrogens (primary N) is 1. The number of hydrogen-bond donors (Lipinski definition) is 3. The largest absolute Gasteiger partial charge is 0.467 e. The van der Waals surface area contributed by atoms with Gasteiger partial charge in [0.05, 0.1) is 12.7 Å². The molecule has 0 fully saturated rings. The molecule has 0 aromatic heterocycles. The van der Waals surface area contributed by atoms with Crippen LogP contribution < -0.4 is 21.1 Å². The fourth-order valence-corrected chi connectivity index (χ4v) is 2.36.